The maximum Gasteiger partial charge on any atom is 0.124 e. The molecule has 2 aromatic rings. The van der Waals surface area contributed by atoms with E-state index >= 15 is 0 Å². The number of hydrogen-bond acceptors (Lipinski definition) is 5. The number of benzene rings is 1. The summed E-state index contributed by atoms with van der Waals surface area (Å²) in [5, 5.41) is 12.2. The van der Waals surface area contributed by atoms with Gasteiger partial charge in [0.15, 0.2) is 0 Å². The van der Waals surface area contributed by atoms with Crippen LogP contribution in [0.15, 0.2) is 42.7 Å². The van der Waals surface area contributed by atoms with E-state index in [9.17, 15) is 5.11 Å². The van der Waals surface area contributed by atoms with Gasteiger partial charge in [-0.15, -0.1) is 0 Å². The van der Waals surface area contributed by atoms with Crippen molar-refractivity contribution in [1.29, 1.82) is 0 Å². The van der Waals surface area contributed by atoms with Crippen LogP contribution in [0.4, 0.5) is 5.69 Å². The van der Waals surface area contributed by atoms with Gasteiger partial charge in [-0.2, -0.15) is 0 Å². The molecule has 1 aromatic heterocycles. The average Bonchev–Trinajstić information content (AvgIpc) is 3.21. The number of likely N-dealkylation sites (tertiary alicyclic amines) is 1. The molecular formula is C22H29N3O2. The van der Waals surface area contributed by atoms with Gasteiger partial charge in [0, 0.05) is 43.4 Å². The van der Waals surface area contributed by atoms with Crippen LogP contribution in [0.25, 0.3) is 0 Å². The lowest BCUT2D eigenvalue weighted by Gasteiger charge is -2.55. The van der Waals surface area contributed by atoms with Gasteiger partial charge in [0.1, 0.15) is 11.4 Å². The molecule has 0 radical (unpaired) electrons. The van der Waals surface area contributed by atoms with Crippen LogP contribution in [0.1, 0.15) is 30.9 Å². The Bertz CT molecular complexity index is 795. The van der Waals surface area contributed by atoms with Crippen LogP contribution in [0.3, 0.4) is 0 Å². The Morgan fingerprint density at radius 3 is 2.33 bits per heavy atom. The first-order valence-corrected chi connectivity index (χ1v) is 9.72. The van der Waals surface area contributed by atoms with Crippen LogP contribution in [0.5, 0.6) is 5.75 Å². The molecule has 3 heterocycles. The summed E-state index contributed by atoms with van der Waals surface area (Å²) in [4.78, 5) is 9.11. The van der Waals surface area contributed by atoms with Gasteiger partial charge >= 0.3 is 0 Å². The maximum absolute atomic E-state index is 12.2. The van der Waals surface area contributed by atoms with Crippen LogP contribution in [0, 0.1) is 5.41 Å². The Morgan fingerprint density at radius 1 is 1.07 bits per heavy atom. The zero-order valence-electron chi connectivity index (χ0n) is 16.5. The highest BCUT2D eigenvalue weighted by Gasteiger charge is 2.55. The van der Waals surface area contributed by atoms with Crippen molar-refractivity contribution in [2.45, 2.75) is 25.4 Å². The zero-order valence-corrected chi connectivity index (χ0v) is 16.5. The minimum atomic E-state index is -1.10. The summed E-state index contributed by atoms with van der Waals surface area (Å²) in [5.74, 6) is 0.793. The van der Waals surface area contributed by atoms with Crippen molar-refractivity contribution in [3.63, 3.8) is 0 Å². The standard InChI is InChI=1S/C22H29N3O2/c1-21(15-24(2)16-21)22(26,17-6-8-20(27-3)9-7-17)18-12-19(14-23-13-18)25-10-4-5-11-25/h6-9,12-14,26H,4-5,10-11,15-16H2,1-3H3. The van der Waals surface area contributed by atoms with E-state index in [1.807, 2.05) is 36.7 Å². The van der Waals surface area contributed by atoms with Crippen molar-refractivity contribution in [3.05, 3.63) is 53.9 Å². The van der Waals surface area contributed by atoms with Crippen LogP contribution in [-0.2, 0) is 5.60 Å². The van der Waals surface area contributed by atoms with Gasteiger partial charge in [0.25, 0.3) is 0 Å². The molecule has 5 heteroatoms. The second-order valence-electron chi connectivity index (χ2n) is 8.30. The topological polar surface area (TPSA) is 48.8 Å². The Balaban J connectivity index is 1.79. The van der Waals surface area contributed by atoms with E-state index in [1.165, 1.54) is 12.8 Å². The molecule has 2 aliphatic rings. The fraction of sp³-hybridized carbons (Fsp3) is 0.500. The number of aliphatic hydroxyl groups is 1. The van der Waals surface area contributed by atoms with Gasteiger partial charge < -0.3 is 19.6 Å². The first-order valence-electron chi connectivity index (χ1n) is 9.72. The molecule has 1 N–H and O–H groups in total. The normalized spacial score (nSPS) is 21.6. The highest BCUT2D eigenvalue weighted by Crippen LogP contribution is 2.50. The highest BCUT2D eigenvalue weighted by atomic mass is 16.5. The molecule has 0 aliphatic carbocycles. The second-order valence-corrected chi connectivity index (χ2v) is 8.30. The lowest BCUT2D eigenvalue weighted by Crippen LogP contribution is -2.63. The number of methoxy groups -OCH3 is 1. The third-order valence-electron chi connectivity index (χ3n) is 6.23. The molecule has 1 aromatic carbocycles. The minimum absolute atomic E-state index is 0.276. The van der Waals surface area contributed by atoms with Crippen molar-refractivity contribution >= 4 is 5.69 Å². The van der Waals surface area contributed by atoms with E-state index in [1.54, 1.807) is 7.11 Å². The summed E-state index contributed by atoms with van der Waals surface area (Å²) >= 11 is 0. The van der Waals surface area contributed by atoms with Gasteiger partial charge in [0.2, 0.25) is 0 Å². The summed E-state index contributed by atoms with van der Waals surface area (Å²) in [6, 6.07) is 9.93. The van der Waals surface area contributed by atoms with Crippen molar-refractivity contribution < 1.29 is 9.84 Å². The first-order chi connectivity index (χ1) is 13.0. The Kier molecular flexibility index (Phi) is 4.60. The van der Waals surface area contributed by atoms with Crippen molar-refractivity contribution in [1.82, 2.24) is 9.88 Å². The molecule has 1 unspecified atom stereocenters. The number of rotatable bonds is 5. The van der Waals surface area contributed by atoms with Gasteiger partial charge in [-0.3, -0.25) is 4.98 Å². The fourth-order valence-corrected chi connectivity index (χ4v) is 4.84. The SMILES string of the molecule is COc1ccc(C(O)(c2cncc(N3CCCC3)c2)C2(C)CN(C)C2)cc1. The van der Waals surface area contributed by atoms with E-state index in [0.29, 0.717) is 0 Å². The molecule has 2 aliphatic heterocycles. The van der Waals surface area contributed by atoms with E-state index in [0.717, 1.165) is 48.7 Å². The Morgan fingerprint density at radius 2 is 1.74 bits per heavy atom. The molecular weight excluding hydrogens is 338 g/mol. The van der Waals surface area contributed by atoms with E-state index in [-0.39, 0.29) is 5.41 Å². The van der Waals surface area contributed by atoms with Crippen LogP contribution in [0.2, 0.25) is 0 Å². The molecule has 4 rings (SSSR count). The summed E-state index contributed by atoms with van der Waals surface area (Å²) < 4.78 is 5.31. The van der Waals surface area contributed by atoms with Gasteiger partial charge in [-0.1, -0.05) is 19.1 Å². The molecule has 0 amide bonds. The smallest absolute Gasteiger partial charge is 0.124 e. The third kappa shape index (κ3) is 2.99. The van der Waals surface area contributed by atoms with Crippen LogP contribution < -0.4 is 9.64 Å². The van der Waals surface area contributed by atoms with Gasteiger partial charge in [-0.05, 0) is 43.7 Å². The summed E-state index contributed by atoms with van der Waals surface area (Å²) in [6.07, 6.45) is 6.18. The molecule has 1 atom stereocenters. The quantitative estimate of drug-likeness (QED) is 0.881. The first kappa shape index (κ1) is 18.3. The molecule has 144 valence electrons. The van der Waals surface area contributed by atoms with Crippen LogP contribution in [-0.4, -0.2) is 55.3 Å². The summed E-state index contributed by atoms with van der Waals surface area (Å²) in [6.45, 7) is 5.96. The predicted octanol–water partition coefficient (Wildman–Crippen LogP) is 2.88. The van der Waals surface area contributed by atoms with Gasteiger partial charge in [-0.25, -0.2) is 0 Å². The highest BCUT2D eigenvalue weighted by molar-refractivity contribution is 5.51. The number of aromatic nitrogens is 1. The number of hydrogen-bond donors (Lipinski definition) is 1. The number of nitrogens with zero attached hydrogens (tertiary/aromatic N) is 3. The lowest BCUT2D eigenvalue weighted by molar-refractivity contribution is -0.127. The Hall–Kier alpha value is -2.11. The molecule has 0 bridgehead atoms. The minimum Gasteiger partial charge on any atom is -0.497 e. The van der Waals surface area contributed by atoms with E-state index < -0.39 is 5.60 Å². The number of anilines is 1. The molecule has 5 nitrogen and oxygen atoms in total. The van der Waals surface area contributed by atoms with Crippen LogP contribution >= 0.6 is 0 Å². The lowest BCUT2D eigenvalue weighted by atomic mass is 9.62. The van der Waals surface area contributed by atoms with E-state index in [2.05, 4.69) is 34.8 Å². The van der Waals surface area contributed by atoms with Gasteiger partial charge in [0.05, 0.1) is 19.0 Å². The third-order valence-corrected chi connectivity index (χ3v) is 6.23. The van der Waals surface area contributed by atoms with Crippen molar-refractivity contribution in [2.75, 3.05) is 45.2 Å². The second kappa shape index (κ2) is 6.80. The number of ether oxygens (including phenoxy) is 1. The monoisotopic (exact) mass is 367 g/mol. The molecule has 2 saturated heterocycles. The molecule has 27 heavy (non-hydrogen) atoms. The van der Waals surface area contributed by atoms with Crippen molar-refractivity contribution in [2.24, 2.45) is 5.41 Å². The average molecular weight is 367 g/mol. The Labute approximate surface area is 161 Å². The molecule has 0 saturated carbocycles. The largest absolute Gasteiger partial charge is 0.497 e. The zero-order chi connectivity index (χ0) is 19.1. The van der Waals surface area contributed by atoms with Crippen molar-refractivity contribution in [3.8, 4) is 5.75 Å². The number of pyridine rings is 1. The molecule has 0 spiro atoms. The predicted molar refractivity (Wildman–Crippen MR) is 107 cm³/mol. The summed E-state index contributed by atoms with van der Waals surface area (Å²) in [5.41, 5.74) is 1.48. The maximum atomic E-state index is 12.2. The fourth-order valence-electron chi connectivity index (χ4n) is 4.84. The molecule has 2 fully saturated rings. The summed E-state index contributed by atoms with van der Waals surface area (Å²) in [7, 11) is 3.75. The van der Waals surface area contributed by atoms with E-state index in [4.69, 9.17) is 4.74 Å².